The number of hydrogen-bond acceptors (Lipinski definition) is 1. The van der Waals surface area contributed by atoms with Crippen LogP contribution in [0.3, 0.4) is 0 Å². The summed E-state index contributed by atoms with van der Waals surface area (Å²) in [5.41, 5.74) is 1.15. The van der Waals surface area contributed by atoms with E-state index in [1.54, 1.807) is 6.92 Å². The molecule has 0 aliphatic heterocycles. The van der Waals surface area contributed by atoms with Crippen molar-refractivity contribution >= 4 is 38.4 Å². The summed E-state index contributed by atoms with van der Waals surface area (Å²) in [6.07, 6.45) is 3.41. The lowest BCUT2D eigenvalue weighted by Gasteiger charge is -2.12. The molecule has 21 heavy (non-hydrogen) atoms. The molecule has 1 unspecified atom stereocenters. The molecule has 1 atom stereocenters. The molecule has 1 heteroatoms. The highest BCUT2D eigenvalue weighted by molar-refractivity contribution is 6.24. The second-order valence-electron chi connectivity index (χ2n) is 5.61. The Morgan fingerprint density at radius 2 is 1.43 bits per heavy atom. The fraction of sp³-hybridized carbons (Fsp3) is 0.100. The number of hydrogen-bond donors (Lipinski definition) is 1. The zero-order valence-electron chi connectivity index (χ0n) is 11.9. The smallest absolute Gasteiger partial charge is 0.0696 e. The van der Waals surface area contributed by atoms with Gasteiger partial charge in [-0.15, -0.1) is 0 Å². The van der Waals surface area contributed by atoms with Crippen molar-refractivity contribution < 1.29 is 5.11 Å². The summed E-state index contributed by atoms with van der Waals surface area (Å²) in [5.74, 6) is 0. The Labute approximate surface area is 123 Å². The Morgan fingerprint density at radius 1 is 0.810 bits per heavy atom. The maximum atomic E-state index is 9.47. The molecule has 4 rings (SSSR count). The molecule has 102 valence electrons. The standard InChI is InChI=1S/C20H16O/c1-13(21)5-6-14-7-8-17-10-9-15-3-2-4-16-11-12-18(14)20(17)19(15)16/h2-13,21H,1H3/b6-5+. The SMILES string of the molecule is CC(O)/C=C/c1ccc2ccc3cccc4ccc1c2c34. The minimum atomic E-state index is -0.427. The van der Waals surface area contributed by atoms with E-state index in [1.165, 1.54) is 32.3 Å². The van der Waals surface area contributed by atoms with Crippen molar-refractivity contribution in [3.63, 3.8) is 0 Å². The van der Waals surface area contributed by atoms with Crippen LogP contribution in [-0.4, -0.2) is 11.2 Å². The summed E-state index contributed by atoms with van der Waals surface area (Å²) in [4.78, 5) is 0. The molecular formula is C20H16O. The average molecular weight is 272 g/mol. The first-order valence-corrected chi connectivity index (χ1v) is 7.27. The molecule has 1 N–H and O–H groups in total. The second-order valence-corrected chi connectivity index (χ2v) is 5.61. The van der Waals surface area contributed by atoms with E-state index in [0.29, 0.717) is 0 Å². The van der Waals surface area contributed by atoms with Crippen molar-refractivity contribution in [1.29, 1.82) is 0 Å². The highest BCUT2D eigenvalue weighted by Gasteiger charge is 2.09. The Morgan fingerprint density at radius 3 is 2.14 bits per heavy atom. The molecular weight excluding hydrogens is 256 g/mol. The van der Waals surface area contributed by atoms with E-state index in [1.807, 2.05) is 12.2 Å². The highest BCUT2D eigenvalue weighted by atomic mass is 16.3. The summed E-state index contributed by atoms with van der Waals surface area (Å²) in [5, 5.41) is 17.2. The van der Waals surface area contributed by atoms with Gasteiger partial charge in [-0.05, 0) is 44.8 Å². The molecule has 0 heterocycles. The van der Waals surface area contributed by atoms with Crippen LogP contribution >= 0.6 is 0 Å². The minimum Gasteiger partial charge on any atom is -0.389 e. The summed E-state index contributed by atoms with van der Waals surface area (Å²) in [6.45, 7) is 1.77. The average Bonchev–Trinajstić information content (AvgIpc) is 2.51. The third kappa shape index (κ3) is 1.90. The van der Waals surface area contributed by atoms with Gasteiger partial charge in [-0.2, -0.15) is 0 Å². The molecule has 0 aliphatic rings. The van der Waals surface area contributed by atoms with Gasteiger partial charge < -0.3 is 5.11 Å². The van der Waals surface area contributed by atoms with Crippen LogP contribution in [0.25, 0.3) is 38.4 Å². The maximum Gasteiger partial charge on any atom is 0.0696 e. The van der Waals surface area contributed by atoms with E-state index in [0.717, 1.165) is 5.56 Å². The molecule has 0 amide bonds. The molecule has 4 aromatic rings. The van der Waals surface area contributed by atoms with Crippen molar-refractivity contribution in [2.24, 2.45) is 0 Å². The van der Waals surface area contributed by atoms with Gasteiger partial charge in [0, 0.05) is 0 Å². The van der Waals surface area contributed by atoms with Gasteiger partial charge in [-0.1, -0.05) is 66.7 Å². The summed E-state index contributed by atoms with van der Waals surface area (Å²) >= 11 is 0. The van der Waals surface area contributed by atoms with Gasteiger partial charge in [0.2, 0.25) is 0 Å². The molecule has 0 aromatic heterocycles. The van der Waals surface area contributed by atoms with Crippen LogP contribution in [0.2, 0.25) is 0 Å². The van der Waals surface area contributed by atoms with Gasteiger partial charge in [0.05, 0.1) is 6.10 Å². The third-order valence-corrected chi connectivity index (χ3v) is 4.12. The number of aliphatic hydroxyl groups is 1. The summed E-state index contributed by atoms with van der Waals surface area (Å²) < 4.78 is 0. The Kier molecular flexibility index (Phi) is 2.69. The fourth-order valence-electron chi connectivity index (χ4n) is 3.15. The molecule has 1 nitrogen and oxygen atoms in total. The monoisotopic (exact) mass is 272 g/mol. The predicted octanol–water partition coefficient (Wildman–Crippen LogP) is 4.98. The zero-order valence-corrected chi connectivity index (χ0v) is 11.9. The number of benzene rings is 4. The minimum absolute atomic E-state index is 0.427. The second kappa shape index (κ2) is 4.57. The van der Waals surface area contributed by atoms with Gasteiger partial charge in [-0.3, -0.25) is 0 Å². The van der Waals surface area contributed by atoms with Gasteiger partial charge in [0.15, 0.2) is 0 Å². The van der Waals surface area contributed by atoms with Gasteiger partial charge in [0.25, 0.3) is 0 Å². The highest BCUT2D eigenvalue weighted by Crippen LogP contribution is 2.36. The van der Waals surface area contributed by atoms with Crippen LogP contribution in [0.5, 0.6) is 0 Å². The number of rotatable bonds is 2. The third-order valence-electron chi connectivity index (χ3n) is 4.12. The largest absolute Gasteiger partial charge is 0.389 e. The topological polar surface area (TPSA) is 20.2 Å². The predicted molar refractivity (Wildman–Crippen MR) is 90.9 cm³/mol. The van der Waals surface area contributed by atoms with Crippen LogP contribution in [0, 0.1) is 0 Å². The first-order valence-electron chi connectivity index (χ1n) is 7.27. The molecule has 0 saturated carbocycles. The molecule has 0 bridgehead atoms. The van der Waals surface area contributed by atoms with Crippen molar-refractivity contribution in [1.82, 2.24) is 0 Å². The van der Waals surface area contributed by atoms with Crippen molar-refractivity contribution in [2.75, 3.05) is 0 Å². The van der Waals surface area contributed by atoms with Gasteiger partial charge in [0.1, 0.15) is 0 Å². The molecule has 0 fully saturated rings. The summed E-state index contributed by atoms with van der Waals surface area (Å²) in [6, 6.07) is 19.5. The lowest BCUT2D eigenvalue weighted by molar-refractivity contribution is 0.245. The maximum absolute atomic E-state index is 9.47. The van der Waals surface area contributed by atoms with Crippen LogP contribution in [0.15, 0.2) is 60.7 Å². The summed E-state index contributed by atoms with van der Waals surface area (Å²) in [7, 11) is 0. The van der Waals surface area contributed by atoms with E-state index in [9.17, 15) is 5.11 Å². The van der Waals surface area contributed by atoms with E-state index in [2.05, 4.69) is 54.6 Å². The van der Waals surface area contributed by atoms with Gasteiger partial charge >= 0.3 is 0 Å². The van der Waals surface area contributed by atoms with E-state index in [4.69, 9.17) is 0 Å². The number of aliphatic hydroxyl groups excluding tert-OH is 1. The molecule has 0 radical (unpaired) electrons. The Balaban J connectivity index is 2.15. The van der Waals surface area contributed by atoms with Crippen LogP contribution in [-0.2, 0) is 0 Å². The Bertz CT molecular complexity index is 948. The van der Waals surface area contributed by atoms with E-state index >= 15 is 0 Å². The zero-order chi connectivity index (χ0) is 14.4. The molecule has 0 aliphatic carbocycles. The van der Waals surface area contributed by atoms with E-state index in [-0.39, 0.29) is 0 Å². The molecule has 0 spiro atoms. The lowest BCUT2D eigenvalue weighted by Crippen LogP contribution is -1.92. The first-order chi connectivity index (χ1) is 10.2. The van der Waals surface area contributed by atoms with Crippen molar-refractivity contribution in [3.05, 3.63) is 66.2 Å². The molecule has 0 saturated heterocycles. The van der Waals surface area contributed by atoms with E-state index < -0.39 is 6.10 Å². The first kappa shape index (κ1) is 12.4. The van der Waals surface area contributed by atoms with Crippen LogP contribution in [0.4, 0.5) is 0 Å². The fourth-order valence-corrected chi connectivity index (χ4v) is 3.15. The molecule has 4 aromatic carbocycles. The van der Waals surface area contributed by atoms with Crippen LogP contribution < -0.4 is 0 Å². The van der Waals surface area contributed by atoms with Crippen molar-refractivity contribution in [3.8, 4) is 0 Å². The quantitative estimate of drug-likeness (QED) is 0.510. The Hall–Kier alpha value is -2.38. The normalized spacial score (nSPS) is 13.8. The van der Waals surface area contributed by atoms with Gasteiger partial charge in [-0.25, -0.2) is 0 Å². The van der Waals surface area contributed by atoms with Crippen LogP contribution in [0.1, 0.15) is 12.5 Å². The lowest BCUT2D eigenvalue weighted by atomic mass is 9.92. The van der Waals surface area contributed by atoms with Crippen molar-refractivity contribution in [2.45, 2.75) is 13.0 Å².